The normalized spacial score (nSPS) is 12.0. The summed E-state index contributed by atoms with van der Waals surface area (Å²) in [5.41, 5.74) is 1.73. The summed E-state index contributed by atoms with van der Waals surface area (Å²) < 4.78 is 26.2. The lowest BCUT2D eigenvalue weighted by atomic mass is 9.96. The van der Waals surface area contributed by atoms with Crippen LogP contribution in [0.15, 0.2) is 24.4 Å². The average molecular weight is 296 g/mol. The molecule has 0 aromatic heterocycles. The first-order chi connectivity index (χ1) is 9.99. The minimum atomic E-state index is -2.57. The molecule has 116 valence electrons. The van der Waals surface area contributed by atoms with Gasteiger partial charge in [-0.3, -0.25) is 10.9 Å². The zero-order chi connectivity index (χ0) is 15.8. The first kappa shape index (κ1) is 17.3. The Morgan fingerprint density at radius 1 is 1.48 bits per heavy atom. The minimum absolute atomic E-state index is 0.0558. The second-order valence-corrected chi connectivity index (χ2v) is 4.84. The number of alkyl halides is 2. The Balaban J connectivity index is 3.06. The van der Waals surface area contributed by atoms with Crippen LogP contribution in [0, 0.1) is 5.41 Å². The van der Waals surface area contributed by atoms with E-state index in [4.69, 9.17) is 11.3 Å². The molecule has 0 aliphatic carbocycles. The number of allylic oxidation sites excluding steroid dienone is 1. The fourth-order valence-electron chi connectivity index (χ4n) is 2.08. The molecule has 1 rings (SSSR count). The standard InChI is InChI=1S/C15H22F2N4/c1-20-10-12(9-18)14-8-11(4-3-7-21(2)19)5-6-13(14)15(16)17/h5-6,8-10,15,18,20H,3-4,7,19H2,1-2H3/b12-10+,18-9?. The molecule has 0 unspecified atom stereocenters. The van der Waals surface area contributed by atoms with E-state index in [1.165, 1.54) is 6.07 Å². The number of rotatable bonds is 8. The van der Waals surface area contributed by atoms with E-state index in [1.54, 1.807) is 37.4 Å². The minimum Gasteiger partial charge on any atom is -0.393 e. The van der Waals surface area contributed by atoms with E-state index in [0.29, 0.717) is 11.1 Å². The molecule has 0 heterocycles. The van der Waals surface area contributed by atoms with E-state index in [1.807, 2.05) is 0 Å². The van der Waals surface area contributed by atoms with Gasteiger partial charge < -0.3 is 10.7 Å². The summed E-state index contributed by atoms with van der Waals surface area (Å²) in [7, 11) is 3.46. The van der Waals surface area contributed by atoms with Gasteiger partial charge in [0.2, 0.25) is 0 Å². The summed E-state index contributed by atoms with van der Waals surface area (Å²) in [4.78, 5) is 0. The second kappa shape index (κ2) is 8.49. The Morgan fingerprint density at radius 2 is 2.19 bits per heavy atom. The summed E-state index contributed by atoms with van der Waals surface area (Å²) >= 11 is 0. The molecule has 6 heteroatoms. The maximum atomic E-state index is 13.1. The predicted octanol–water partition coefficient (Wildman–Crippen LogP) is 2.57. The van der Waals surface area contributed by atoms with Crippen molar-refractivity contribution >= 4 is 11.8 Å². The van der Waals surface area contributed by atoms with Crippen LogP contribution in [-0.4, -0.2) is 31.9 Å². The van der Waals surface area contributed by atoms with Gasteiger partial charge in [-0.15, -0.1) is 0 Å². The molecular weight excluding hydrogens is 274 g/mol. The number of benzene rings is 1. The lowest BCUT2D eigenvalue weighted by Crippen LogP contribution is -2.27. The van der Waals surface area contributed by atoms with Crippen molar-refractivity contribution < 1.29 is 8.78 Å². The number of nitrogens with two attached hydrogens (primary N) is 1. The SMILES string of the molecule is CN/C=C(\C=N)c1cc(CCCN(C)N)ccc1C(F)F. The molecule has 0 fully saturated rings. The molecule has 0 aliphatic heterocycles. The van der Waals surface area contributed by atoms with Gasteiger partial charge in [0.05, 0.1) is 0 Å². The highest BCUT2D eigenvalue weighted by Crippen LogP contribution is 2.28. The van der Waals surface area contributed by atoms with Gasteiger partial charge in [0.1, 0.15) is 0 Å². The fraction of sp³-hybridized carbons (Fsp3) is 0.400. The highest BCUT2D eigenvalue weighted by molar-refractivity contribution is 6.08. The van der Waals surface area contributed by atoms with Crippen molar-refractivity contribution in [1.29, 1.82) is 5.41 Å². The summed E-state index contributed by atoms with van der Waals surface area (Å²) in [6, 6.07) is 4.88. The molecule has 0 radical (unpaired) electrons. The van der Waals surface area contributed by atoms with Crippen LogP contribution in [-0.2, 0) is 6.42 Å². The first-order valence-electron chi connectivity index (χ1n) is 6.74. The quantitative estimate of drug-likeness (QED) is 0.392. The molecule has 0 amide bonds. The number of halogens is 2. The Labute approximate surface area is 124 Å². The molecule has 0 saturated carbocycles. The lowest BCUT2D eigenvalue weighted by molar-refractivity contribution is 0.151. The van der Waals surface area contributed by atoms with Gasteiger partial charge in [0, 0.05) is 44.2 Å². The predicted molar refractivity (Wildman–Crippen MR) is 82.4 cm³/mol. The van der Waals surface area contributed by atoms with Crippen LogP contribution in [0.4, 0.5) is 8.78 Å². The number of hydrazine groups is 1. The largest absolute Gasteiger partial charge is 0.393 e. The Morgan fingerprint density at radius 3 is 2.71 bits per heavy atom. The zero-order valence-corrected chi connectivity index (χ0v) is 12.4. The Hall–Kier alpha value is -1.79. The molecule has 4 N–H and O–H groups in total. The molecule has 4 nitrogen and oxygen atoms in total. The van der Waals surface area contributed by atoms with Crippen LogP contribution < -0.4 is 11.2 Å². The molecule has 21 heavy (non-hydrogen) atoms. The highest BCUT2D eigenvalue weighted by atomic mass is 19.3. The smallest absolute Gasteiger partial charge is 0.264 e. The fourth-order valence-corrected chi connectivity index (χ4v) is 2.08. The van der Waals surface area contributed by atoms with Gasteiger partial charge >= 0.3 is 0 Å². The van der Waals surface area contributed by atoms with Crippen LogP contribution in [0.3, 0.4) is 0 Å². The monoisotopic (exact) mass is 296 g/mol. The van der Waals surface area contributed by atoms with E-state index in [0.717, 1.165) is 31.2 Å². The van der Waals surface area contributed by atoms with Gasteiger partial charge in [0.25, 0.3) is 6.43 Å². The van der Waals surface area contributed by atoms with Crippen LogP contribution >= 0.6 is 0 Å². The zero-order valence-electron chi connectivity index (χ0n) is 12.4. The van der Waals surface area contributed by atoms with Gasteiger partial charge in [-0.2, -0.15) is 0 Å². The van der Waals surface area contributed by atoms with Crippen molar-refractivity contribution in [3.8, 4) is 0 Å². The van der Waals surface area contributed by atoms with Crippen molar-refractivity contribution in [2.75, 3.05) is 20.6 Å². The summed E-state index contributed by atoms with van der Waals surface area (Å²) in [5.74, 6) is 5.55. The summed E-state index contributed by atoms with van der Waals surface area (Å²) in [6.07, 6.45) is 1.66. The van der Waals surface area contributed by atoms with Crippen molar-refractivity contribution in [2.45, 2.75) is 19.3 Å². The summed E-state index contributed by atoms with van der Waals surface area (Å²) in [5, 5.41) is 11.8. The Kier molecular flexibility index (Phi) is 6.98. The van der Waals surface area contributed by atoms with E-state index in [9.17, 15) is 8.78 Å². The topological polar surface area (TPSA) is 65.1 Å². The van der Waals surface area contributed by atoms with Gasteiger partial charge in [-0.05, 0) is 24.0 Å². The number of aryl methyl sites for hydroxylation is 1. The molecule has 0 bridgehead atoms. The van der Waals surface area contributed by atoms with Crippen LogP contribution in [0.1, 0.15) is 29.5 Å². The van der Waals surface area contributed by atoms with Crippen LogP contribution in [0.5, 0.6) is 0 Å². The molecule has 0 saturated heterocycles. The van der Waals surface area contributed by atoms with E-state index < -0.39 is 6.43 Å². The maximum absolute atomic E-state index is 13.1. The molecule has 0 atom stereocenters. The third kappa shape index (κ3) is 5.24. The highest BCUT2D eigenvalue weighted by Gasteiger charge is 2.15. The maximum Gasteiger partial charge on any atom is 0.264 e. The number of hydrogen-bond acceptors (Lipinski definition) is 4. The average Bonchev–Trinajstić information content (AvgIpc) is 2.44. The van der Waals surface area contributed by atoms with Crippen LogP contribution in [0.25, 0.3) is 5.57 Å². The third-order valence-electron chi connectivity index (χ3n) is 3.10. The van der Waals surface area contributed by atoms with Gasteiger partial charge in [-0.25, -0.2) is 8.78 Å². The lowest BCUT2D eigenvalue weighted by Gasteiger charge is -2.13. The van der Waals surface area contributed by atoms with E-state index in [2.05, 4.69) is 5.32 Å². The van der Waals surface area contributed by atoms with Crippen molar-refractivity contribution in [3.63, 3.8) is 0 Å². The third-order valence-corrected chi connectivity index (χ3v) is 3.10. The molecule has 0 aliphatic rings. The van der Waals surface area contributed by atoms with Gasteiger partial charge in [0.15, 0.2) is 0 Å². The number of nitrogens with zero attached hydrogens (tertiary/aromatic N) is 1. The summed E-state index contributed by atoms with van der Waals surface area (Å²) in [6.45, 7) is 0.732. The molecule has 1 aromatic rings. The van der Waals surface area contributed by atoms with E-state index in [-0.39, 0.29) is 5.56 Å². The van der Waals surface area contributed by atoms with Crippen molar-refractivity contribution in [3.05, 3.63) is 41.1 Å². The number of nitrogens with one attached hydrogen (secondary N) is 2. The number of hydrogen-bond donors (Lipinski definition) is 3. The van der Waals surface area contributed by atoms with Gasteiger partial charge in [-0.1, -0.05) is 18.2 Å². The first-order valence-corrected chi connectivity index (χ1v) is 6.74. The van der Waals surface area contributed by atoms with Crippen LogP contribution in [0.2, 0.25) is 0 Å². The second-order valence-electron chi connectivity index (χ2n) is 4.84. The molecular formula is C15H22F2N4. The van der Waals surface area contributed by atoms with Crippen molar-refractivity contribution in [2.24, 2.45) is 5.84 Å². The molecule has 1 aromatic carbocycles. The Bertz CT molecular complexity index is 498. The van der Waals surface area contributed by atoms with E-state index >= 15 is 0 Å². The molecule has 0 spiro atoms. The van der Waals surface area contributed by atoms with Crippen molar-refractivity contribution in [1.82, 2.24) is 10.3 Å².